The first-order chi connectivity index (χ1) is 17.4. The molecule has 0 aromatic heterocycles. The van der Waals surface area contributed by atoms with Crippen LogP contribution in [0.3, 0.4) is 0 Å². The maximum atomic E-state index is 11.9. The quantitative estimate of drug-likeness (QED) is 0.182. The summed E-state index contributed by atoms with van der Waals surface area (Å²) < 4.78 is 0. The molecule has 0 aliphatic rings. The molecule has 1 rings (SSSR count). The lowest BCUT2D eigenvalue weighted by atomic mass is 9.93. The van der Waals surface area contributed by atoms with E-state index in [9.17, 15) is 19.9 Å². The van der Waals surface area contributed by atoms with Crippen LogP contribution in [-0.2, 0) is 16.0 Å². The minimum atomic E-state index is -0.252. The molecule has 1 aromatic rings. The number of carbonyl (C=O) groups is 2. The normalized spacial score (nSPS) is 13.5. The monoisotopic (exact) mass is 521 g/mol. The fourth-order valence-corrected chi connectivity index (χ4v) is 3.39. The molecule has 0 spiro atoms. The van der Waals surface area contributed by atoms with Crippen LogP contribution in [0.5, 0.6) is 5.75 Å². The number of nitrogens with zero attached hydrogens (tertiary/aromatic N) is 1. The number of carbonyl (C=O) groups excluding carboxylic acids is 2. The number of hydrogen-bond acceptors (Lipinski definition) is 5. The number of phenols is 1. The van der Waals surface area contributed by atoms with Gasteiger partial charge in [0.1, 0.15) is 5.75 Å². The molecule has 3 atom stereocenters. The van der Waals surface area contributed by atoms with Crippen molar-refractivity contribution in [3.8, 4) is 5.75 Å². The summed E-state index contributed by atoms with van der Waals surface area (Å²) in [4.78, 5) is 23.2. The molecule has 2 amide bonds. The van der Waals surface area contributed by atoms with Crippen LogP contribution in [0, 0.1) is 5.92 Å². The van der Waals surface area contributed by atoms with Crippen molar-refractivity contribution in [2.24, 2.45) is 5.92 Å². The summed E-state index contributed by atoms with van der Waals surface area (Å²) >= 11 is 0. The predicted molar refractivity (Wildman–Crippen MR) is 155 cm³/mol. The number of benzene rings is 1. The van der Waals surface area contributed by atoms with E-state index in [1.807, 2.05) is 52.0 Å². The SMILES string of the molecule is CC.CCC(C)N(O)C(C)(CC)CC.CCCNC(=O)[C@@H](C)/C=C/C(Cc1ccc(O)cc1)NC(C)=O. The molecule has 0 saturated heterocycles. The van der Waals surface area contributed by atoms with Crippen molar-refractivity contribution in [2.75, 3.05) is 6.54 Å². The highest BCUT2D eigenvalue weighted by Crippen LogP contribution is 2.24. The zero-order chi connectivity index (χ0) is 29.0. The van der Waals surface area contributed by atoms with Gasteiger partial charge >= 0.3 is 0 Å². The van der Waals surface area contributed by atoms with Gasteiger partial charge < -0.3 is 20.9 Å². The molecule has 0 aliphatic carbocycles. The van der Waals surface area contributed by atoms with Crippen LogP contribution >= 0.6 is 0 Å². The average molecular weight is 522 g/mol. The first-order valence-electron chi connectivity index (χ1n) is 13.9. The molecule has 4 N–H and O–H groups in total. The molecule has 1 aromatic carbocycles. The summed E-state index contributed by atoms with van der Waals surface area (Å²) in [6.07, 6.45) is 8.13. The highest BCUT2D eigenvalue weighted by molar-refractivity contribution is 5.80. The Morgan fingerprint density at radius 3 is 2.00 bits per heavy atom. The van der Waals surface area contributed by atoms with Crippen molar-refractivity contribution >= 4 is 11.8 Å². The average Bonchev–Trinajstić information content (AvgIpc) is 2.91. The van der Waals surface area contributed by atoms with E-state index in [2.05, 4.69) is 45.3 Å². The third-order valence-electron chi connectivity index (χ3n) is 6.46. The molecule has 0 aliphatic heterocycles. The Morgan fingerprint density at radius 1 is 1.03 bits per heavy atom. The molecule has 0 fully saturated rings. The maximum Gasteiger partial charge on any atom is 0.226 e. The van der Waals surface area contributed by atoms with E-state index in [0.717, 1.165) is 31.2 Å². The van der Waals surface area contributed by atoms with E-state index in [1.54, 1.807) is 12.1 Å². The lowest BCUT2D eigenvalue weighted by Gasteiger charge is -2.39. The Balaban J connectivity index is 0. The standard InChI is InChI=1S/C18H26N2O3.C10H23NO.C2H6/c1-4-11-19-18(23)13(2)5-8-16(20-14(3)21)12-15-6-9-17(22)10-7-15;1-6-9(4)11(12)10(5,7-2)8-3;1-2/h5-10,13,16,22H,4,11-12H2,1-3H3,(H,19,23)(H,20,21);9,12H,6-8H2,1-5H3;1-2H3/b8-5+;;/t13-,16?;;/m0../s1. The van der Waals surface area contributed by atoms with Gasteiger partial charge in [-0.15, -0.1) is 0 Å². The van der Waals surface area contributed by atoms with Crippen LogP contribution in [0.4, 0.5) is 0 Å². The first kappa shape index (κ1) is 36.8. The predicted octanol–water partition coefficient (Wildman–Crippen LogP) is 6.24. The summed E-state index contributed by atoms with van der Waals surface area (Å²) in [7, 11) is 0. The Hall–Kier alpha value is -2.38. The van der Waals surface area contributed by atoms with Crippen LogP contribution in [-0.4, -0.2) is 51.4 Å². The van der Waals surface area contributed by atoms with E-state index in [-0.39, 0.29) is 41.1 Å². The van der Waals surface area contributed by atoms with Crippen molar-refractivity contribution < 1.29 is 19.9 Å². The van der Waals surface area contributed by atoms with Gasteiger partial charge in [0, 0.05) is 25.0 Å². The van der Waals surface area contributed by atoms with Crippen molar-refractivity contribution in [3.05, 3.63) is 42.0 Å². The first-order valence-corrected chi connectivity index (χ1v) is 13.9. The van der Waals surface area contributed by atoms with Crippen LogP contribution < -0.4 is 10.6 Å². The second kappa shape index (κ2) is 20.7. The largest absolute Gasteiger partial charge is 0.508 e. The molecule has 0 saturated carbocycles. The fourth-order valence-electron chi connectivity index (χ4n) is 3.39. The minimum absolute atomic E-state index is 0.0192. The van der Waals surface area contributed by atoms with Crippen molar-refractivity contribution in [1.82, 2.24) is 15.7 Å². The summed E-state index contributed by atoms with van der Waals surface area (Å²) in [5, 5.41) is 26.4. The smallest absolute Gasteiger partial charge is 0.226 e. The molecule has 0 bridgehead atoms. The lowest BCUT2D eigenvalue weighted by molar-refractivity contribution is -0.197. The Morgan fingerprint density at radius 2 is 1.57 bits per heavy atom. The topological polar surface area (TPSA) is 102 Å². The van der Waals surface area contributed by atoms with Gasteiger partial charge in [-0.05, 0) is 63.6 Å². The van der Waals surface area contributed by atoms with Gasteiger partial charge in [-0.25, -0.2) is 0 Å². The van der Waals surface area contributed by atoms with E-state index >= 15 is 0 Å². The number of aromatic hydroxyl groups is 1. The van der Waals surface area contributed by atoms with Gasteiger partial charge in [-0.3, -0.25) is 9.59 Å². The number of phenolic OH excluding ortho intramolecular Hbond substituents is 1. The maximum absolute atomic E-state index is 11.9. The zero-order valence-corrected chi connectivity index (χ0v) is 25.1. The molecule has 7 nitrogen and oxygen atoms in total. The number of amides is 2. The summed E-state index contributed by atoms with van der Waals surface area (Å²) in [5.41, 5.74) is 0.949. The van der Waals surface area contributed by atoms with Crippen LogP contribution in [0.15, 0.2) is 36.4 Å². The third-order valence-corrected chi connectivity index (χ3v) is 6.46. The molecule has 2 unspecified atom stereocenters. The van der Waals surface area contributed by atoms with Gasteiger partial charge in [0.2, 0.25) is 11.8 Å². The van der Waals surface area contributed by atoms with Crippen molar-refractivity contribution in [1.29, 1.82) is 0 Å². The Kier molecular flexibility index (Phi) is 20.5. The molecule has 0 radical (unpaired) electrons. The van der Waals surface area contributed by atoms with E-state index in [4.69, 9.17) is 0 Å². The zero-order valence-electron chi connectivity index (χ0n) is 25.1. The Labute approximate surface area is 226 Å². The van der Waals surface area contributed by atoms with Crippen molar-refractivity contribution in [2.45, 2.75) is 119 Å². The highest BCUT2D eigenvalue weighted by atomic mass is 16.5. The summed E-state index contributed by atoms with van der Waals surface area (Å²) in [6, 6.07) is 6.92. The fraction of sp³-hybridized carbons (Fsp3) is 0.667. The molecular weight excluding hydrogens is 466 g/mol. The molecule has 37 heavy (non-hydrogen) atoms. The van der Waals surface area contributed by atoms with Crippen LogP contribution in [0.25, 0.3) is 0 Å². The summed E-state index contributed by atoms with van der Waals surface area (Å²) in [5.74, 6) is -0.185. The number of rotatable bonds is 13. The number of nitrogens with one attached hydrogen (secondary N) is 2. The second-order valence-corrected chi connectivity index (χ2v) is 9.45. The third kappa shape index (κ3) is 15.5. The van der Waals surface area contributed by atoms with Gasteiger partial charge in [0.25, 0.3) is 0 Å². The van der Waals surface area contributed by atoms with E-state index < -0.39 is 0 Å². The number of hydroxylamine groups is 2. The van der Waals surface area contributed by atoms with Gasteiger partial charge in [0.15, 0.2) is 0 Å². The van der Waals surface area contributed by atoms with Crippen LogP contribution in [0.2, 0.25) is 0 Å². The molecular formula is C30H55N3O4. The minimum Gasteiger partial charge on any atom is -0.508 e. The van der Waals surface area contributed by atoms with E-state index in [0.29, 0.717) is 13.0 Å². The van der Waals surface area contributed by atoms with Gasteiger partial charge in [-0.2, -0.15) is 5.06 Å². The highest BCUT2D eigenvalue weighted by Gasteiger charge is 2.29. The summed E-state index contributed by atoms with van der Waals surface area (Å²) in [6.45, 7) is 20.5. The molecule has 7 heteroatoms. The van der Waals surface area contributed by atoms with Gasteiger partial charge in [-0.1, -0.05) is 72.8 Å². The van der Waals surface area contributed by atoms with Gasteiger partial charge in [0.05, 0.1) is 12.0 Å². The molecule has 214 valence electrons. The van der Waals surface area contributed by atoms with Crippen LogP contribution in [0.1, 0.15) is 100 Å². The van der Waals surface area contributed by atoms with E-state index in [1.165, 1.54) is 12.0 Å². The lowest BCUT2D eigenvalue weighted by Crippen LogP contribution is -2.47. The second-order valence-electron chi connectivity index (χ2n) is 9.45. The van der Waals surface area contributed by atoms with Crippen molar-refractivity contribution in [3.63, 3.8) is 0 Å². The Bertz CT molecular complexity index is 761. The molecule has 0 heterocycles. The number of hydrogen-bond donors (Lipinski definition) is 4.